The van der Waals surface area contributed by atoms with Crippen molar-refractivity contribution in [3.8, 4) is 0 Å². The summed E-state index contributed by atoms with van der Waals surface area (Å²) in [5, 5.41) is 7.80. The topological polar surface area (TPSA) is 46.9 Å². The third-order valence-corrected chi connectivity index (χ3v) is 4.39. The summed E-state index contributed by atoms with van der Waals surface area (Å²) in [6, 6.07) is 7.86. The molecule has 6 heteroatoms. The van der Waals surface area contributed by atoms with Crippen molar-refractivity contribution in [1.29, 1.82) is 0 Å². The molecule has 0 fully saturated rings. The summed E-state index contributed by atoms with van der Waals surface area (Å²) in [5.41, 5.74) is 2.30. The van der Waals surface area contributed by atoms with Crippen LogP contribution < -0.4 is 5.32 Å². The zero-order valence-corrected chi connectivity index (χ0v) is 14.2. The highest BCUT2D eigenvalue weighted by Crippen LogP contribution is 2.16. The summed E-state index contributed by atoms with van der Waals surface area (Å²) in [4.78, 5) is 11.7. The number of carbonyl (C=O) groups is 1. The third-order valence-electron chi connectivity index (χ3n) is 3.13. The number of aromatic nitrogens is 2. The maximum Gasteiger partial charge on any atom is 0.220 e. The lowest BCUT2D eigenvalue weighted by molar-refractivity contribution is -0.120. The van der Waals surface area contributed by atoms with E-state index in [1.807, 2.05) is 31.4 Å². The molecule has 0 aliphatic heterocycles. The van der Waals surface area contributed by atoms with Crippen LogP contribution in [0.2, 0.25) is 5.02 Å². The second-order valence-electron chi connectivity index (χ2n) is 5.05. The largest absolute Gasteiger partial charge is 0.355 e. The van der Waals surface area contributed by atoms with Crippen LogP contribution in [-0.2, 0) is 24.0 Å². The number of nitrogens with one attached hydrogen (secondary N) is 1. The monoisotopic (exact) mass is 337 g/mol. The zero-order chi connectivity index (χ0) is 15.8. The van der Waals surface area contributed by atoms with E-state index in [-0.39, 0.29) is 5.91 Å². The molecule has 0 aliphatic rings. The molecular weight excluding hydrogens is 318 g/mol. The van der Waals surface area contributed by atoms with Gasteiger partial charge in [0.05, 0.1) is 6.20 Å². The van der Waals surface area contributed by atoms with Crippen LogP contribution >= 0.6 is 23.4 Å². The van der Waals surface area contributed by atoms with Crippen molar-refractivity contribution >= 4 is 29.3 Å². The van der Waals surface area contributed by atoms with E-state index in [4.69, 9.17) is 11.6 Å². The van der Waals surface area contributed by atoms with E-state index in [1.165, 1.54) is 5.56 Å². The summed E-state index contributed by atoms with van der Waals surface area (Å²) in [6.45, 7) is 0.692. The average molecular weight is 338 g/mol. The quantitative estimate of drug-likeness (QED) is 0.753. The standard InChI is InChI=1S/C16H20ClN3OS/c1-20-11-14(10-19-20)5-6-16(21)18-7-8-22-12-13-3-2-4-15(17)9-13/h2-4,9-11H,5-8,12H2,1H3,(H,18,21). The number of hydrogen-bond donors (Lipinski definition) is 1. The Kier molecular flexibility index (Phi) is 6.80. The minimum Gasteiger partial charge on any atom is -0.355 e. The molecule has 0 spiro atoms. The molecule has 0 aliphatic carbocycles. The van der Waals surface area contributed by atoms with E-state index >= 15 is 0 Å². The lowest BCUT2D eigenvalue weighted by Gasteiger charge is -2.05. The molecule has 4 nitrogen and oxygen atoms in total. The minimum atomic E-state index is 0.0900. The smallest absolute Gasteiger partial charge is 0.220 e. The Morgan fingerprint density at radius 1 is 1.41 bits per heavy atom. The van der Waals surface area contributed by atoms with Crippen molar-refractivity contribution in [2.45, 2.75) is 18.6 Å². The summed E-state index contributed by atoms with van der Waals surface area (Å²) in [7, 11) is 1.88. The van der Waals surface area contributed by atoms with E-state index in [1.54, 1.807) is 22.6 Å². The lowest BCUT2D eigenvalue weighted by Crippen LogP contribution is -2.25. The summed E-state index contributed by atoms with van der Waals surface area (Å²) < 4.78 is 1.75. The molecule has 118 valence electrons. The van der Waals surface area contributed by atoms with Gasteiger partial charge in [0.2, 0.25) is 5.91 Å². The highest BCUT2D eigenvalue weighted by atomic mass is 35.5. The first-order valence-corrected chi connectivity index (χ1v) is 8.73. The van der Waals surface area contributed by atoms with Gasteiger partial charge in [-0.2, -0.15) is 16.9 Å². The molecule has 1 heterocycles. The normalized spacial score (nSPS) is 10.6. The van der Waals surface area contributed by atoms with Crippen molar-refractivity contribution < 1.29 is 4.79 Å². The number of aryl methyl sites for hydroxylation is 2. The molecule has 0 unspecified atom stereocenters. The van der Waals surface area contributed by atoms with E-state index < -0.39 is 0 Å². The van der Waals surface area contributed by atoms with Gasteiger partial charge < -0.3 is 5.32 Å². The van der Waals surface area contributed by atoms with E-state index in [0.717, 1.165) is 28.5 Å². The Hall–Kier alpha value is -1.46. The molecule has 1 aromatic carbocycles. The highest BCUT2D eigenvalue weighted by Gasteiger charge is 2.03. The average Bonchev–Trinajstić information content (AvgIpc) is 2.90. The first kappa shape index (κ1) is 16.9. The minimum absolute atomic E-state index is 0.0900. The number of nitrogens with zero attached hydrogens (tertiary/aromatic N) is 2. The van der Waals surface area contributed by atoms with Crippen LogP contribution in [-0.4, -0.2) is 28.0 Å². The Morgan fingerprint density at radius 3 is 3.00 bits per heavy atom. The van der Waals surface area contributed by atoms with Crippen LogP contribution in [0.5, 0.6) is 0 Å². The molecule has 0 saturated carbocycles. The van der Waals surface area contributed by atoms with Gasteiger partial charge in [0, 0.05) is 42.7 Å². The Bertz CT molecular complexity index is 615. The summed E-state index contributed by atoms with van der Waals surface area (Å²) >= 11 is 7.73. The van der Waals surface area contributed by atoms with Gasteiger partial charge in [-0.3, -0.25) is 9.48 Å². The van der Waals surface area contributed by atoms with Crippen molar-refractivity contribution in [3.05, 3.63) is 52.8 Å². The van der Waals surface area contributed by atoms with Crippen molar-refractivity contribution in [1.82, 2.24) is 15.1 Å². The molecule has 1 aromatic heterocycles. The van der Waals surface area contributed by atoms with E-state index in [2.05, 4.69) is 16.5 Å². The Balaban J connectivity index is 1.55. The molecule has 22 heavy (non-hydrogen) atoms. The predicted molar refractivity (Wildman–Crippen MR) is 92.2 cm³/mol. The number of halogens is 1. The fourth-order valence-corrected chi connectivity index (χ4v) is 3.05. The van der Waals surface area contributed by atoms with Gasteiger partial charge in [-0.05, 0) is 29.7 Å². The summed E-state index contributed by atoms with van der Waals surface area (Å²) in [5.74, 6) is 1.89. The number of carbonyl (C=O) groups excluding carboxylic acids is 1. The van der Waals surface area contributed by atoms with Crippen LogP contribution in [0.15, 0.2) is 36.7 Å². The maximum atomic E-state index is 11.7. The lowest BCUT2D eigenvalue weighted by atomic mass is 10.2. The van der Waals surface area contributed by atoms with E-state index in [9.17, 15) is 4.79 Å². The number of amides is 1. The summed E-state index contributed by atoms with van der Waals surface area (Å²) in [6.07, 6.45) is 4.97. The van der Waals surface area contributed by atoms with Crippen LogP contribution in [0.25, 0.3) is 0 Å². The van der Waals surface area contributed by atoms with Gasteiger partial charge in [-0.1, -0.05) is 23.7 Å². The van der Waals surface area contributed by atoms with Crippen LogP contribution in [0.1, 0.15) is 17.5 Å². The van der Waals surface area contributed by atoms with Crippen LogP contribution in [0.3, 0.4) is 0 Å². The second kappa shape index (κ2) is 8.86. The van der Waals surface area contributed by atoms with Crippen molar-refractivity contribution in [2.75, 3.05) is 12.3 Å². The van der Waals surface area contributed by atoms with Gasteiger partial charge in [-0.25, -0.2) is 0 Å². The molecule has 0 atom stereocenters. The molecule has 2 aromatic rings. The highest BCUT2D eigenvalue weighted by molar-refractivity contribution is 7.98. The van der Waals surface area contributed by atoms with Crippen LogP contribution in [0, 0.1) is 0 Å². The SMILES string of the molecule is Cn1cc(CCC(=O)NCCSCc2cccc(Cl)c2)cn1. The number of thioether (sulfide) groups is 1. The molecule has 0 bridgehead atoms. The fourth-order valence-electron chi connectivity index (χ4n) is 2.03. The molecule has 0 saturated heterocycles. The molecule has 0 radical (unpaired) electrons. The molecule has 2 rings (SSSR count). The number of rotatable bonds is 8. The van der Waals surface area contributed by atoms with Gasteiger partial charge >= 0.3 is 0 Å². The second-order valence-corrected chi connectivity index (χ2v) is 6.60. The first-order chi connectivity index (χ1) is 10.6. The molecule has 1 amide bonds. The Morgan fingerprint density at radius 2 is 2.27 bits per heavy atom. The predicted octanol–water partition coefficient (Wildman–Crippen LogP) is 3.06. The third kappa shape index (κ3) is 6.12. The Labute approximate surface area is 140 Å². The van der Waals surface area contributed by atoms with E-state index in [0.29, 0.717) is 13.0 Å². The van der Waals surface area contributed by atoms with Crippen molar-refractivity contribution in [2.24, 2.45) is 7.05 Å². The first-order valence-electron chi connectivity index (χ1n) is 7.20. The van der Waals surface area contributed by atoms with Crippen LogP contribution in [0.4, 0.5) is 0 Å². The fraction of sp³-hybridized carbons (Fsp3) is 0.375. The number of benzene rings is 1. The van der Waals surface area contributed by atoms with Crippen molar-refractivity contribution in [3.63, 3.8) is 0 Å². The molecular formula is C16H20ClN3OS. The number of hydrogen-bond acceptors (Lipinski definition) is 3. The maximum absolute atomic E-state index is 11.7. The zero-order valence-electron chi connectivity index (χ0n) is 12.6. The van der Waals surface area contributed by atoms with Gasteiger partial charge in [0.1, 0.15) is 0 Å². The van der Waals surface area contributed by atoms with Gasteiger partial charge in [0.25, 0.3) is 0 Å². The molecule has 1 N–H and O–H groups in total. The van der Waals surface area contributed by atoms with Gasteiger partial charge in [-0.15, -0.1) is 0 Å². The van der Waals surface area contributed by atoms with Gasteiger partial charge in [0.15, 0.2) is 0 Å².